The number of esters is 1. The van der Waals surface area contributed by atoms with Gasteiger partial charge in [0.05, 0.1) is 12.0 Å². The molecule has 0 N–H and O–H groups in total. The second-order valence-electron chi connectivity index (χ2n) is 5.72. The number of ether oxygens (including phenoxy) is 1. The largest absolute Gasteiger partial charge is 0.468 e. The number of carbonyl (C=O) groups is 1. The average molecular weight is 326 g/mol. The highest BCUT2D eigenvalue weighted by atomic mass is 32.2. The number of aromatic nitrogens is 2. The summed E-state index contributed by atoms with van der Waals surface area (Å²) in [5.74, 6) is -0.252. The number of benzene rings is 1. The van der Waals surface area contributed by atoms with Crippen LogP contribution in [0.2, 0.25) is 0 Å². The lowest BCUT2D eigenvalue weighted by Crippen LogP contribution is -2.29. The zero-order valence-corrected chi connectivity index (χ0v) is 14.1. The minimum atomic E-state index is -0.684. The molecule has 0 spiro atoms. The van der Waals surface area contributed by atoms with E-state index in [1.807, 2.05) is 48.8 Å². The van der Waals surface area contributed by atoms with Crippen molar-refractivity contribution in [3.05, 3.63) is 55.0 Å². The Labute approximate surface area is 139 Å². The molecule has 0 aliphatic carbocycles. The van der Waals surface area contributed by atoms with Crippen LogP contribution in [0.4, 0.5) is 0 Å². The van der Waals surface area contributed by atoms with Gasteiger partial charge in [-0.1, -0.05) is 30.3 Å². The van der Waals surface area contributed by atoms with Crippen LogP contribution in [0, 0.1) is 0 Å². The standard InChI is InChI=1S/C18H18N2O2S/c1-18(2,17(21)22-3)23-15-11-14(13-7-5-4-6-8-13)12-20-10-9-19-16(15)20/h4-12H,1-3H3. The van der Waals surface area contributed by atoms with Crippen molar-refractivity contribution in [2.24, 2.45) is 0 Å². The van der Waals surface area contributed by atoms with Crippen molar-refractivity contribution >= 4 is 23.4 Å². The van der Waals surface area contributed by atoms with E-state index < -0.39 is 4.75 Å². The van der Waals surface area contributed by atoms with E-state index in [9.17, 15) is 4.79 Å². The molecule has 0 aliphatic rings. The first-order valence-electron chi connectivity index (χ1n) is 7.31. The van der Waals surface area contributed by atoms with E-state index in [0.29, 0.717) is 0 Å². The van der Waals surface area contributed by atoms with Gasteiger partial charge < -0.3 is 9.14 Å². The maximum Gasteiger partial charge on any atom is 0.321 e. The lowest BCUT2D eigenvalue weighted by molar-refractivity contribution is -0.142. The number of hydrogen-bond acceptors (Lipinski definition) is 4. The van der Waals surface area contributed by atoms with Crippen LogP contribution in [0.5, 0.6) is 0 Å². The van der Waals surface area contributed by atoms with Gasteiger partial charge in [0.15, 0.2) is 0 Å². The minimum absolute atomic E-state index is 0.252. The molecular weight excluding hydrogens is 308 g/mol. The van der Waals surface area contributed by atoms with Gasteiger partial charge in [-0.15, -0.1) is 11.8 Å². The zero-order chi connectivity index (χ0) is 16.4. The molecule has 3 rings (SSSR count). The fraction of sp³-hybridized carbons (Fsp3) is 0.222. The molecular formula is C18H18N2O2S. The molecule has 0 unspecified atom stereocenters. The van der Waals surface area contributed by atoms with E-state index in [1.54, 1.807) is 6.20 Å². The molecule has 0 atom stereocenters. The summed E-state index contributed by atoms with van der Waals surface area (Å²) in [6, 6.07) is 12.2. The third kappa shape index (κ3) is 3.10. The highest BCUT2D eigenvalue weighted by Gasteiger charge is 2.31. The lowest BCUT2D eigenvalue weighted by atomic mass is 10.1. The van der Waals surface area contributed by atoms with Crippen molar-refractivity contribution in [1.82, 2.24) is 9.38 Å². The SMILES string of the molecule is COC(=O)C(C)(C)Sc1cc(-c2ccccc2)cn2ccnc12. The predicted molar refractivity (Wildman–Crippen MR) is 92.6 cm³/mol. The number of thioether (sulfide) groups is 1. The van der Waals surface area contributed by atoms with Crippen LogP contribution in [-0.4, -0.2) is 27.2 Å². The molecule has 1 aromatic carbocycles. The number of hydrogen-bond donors (Lipinski definition) is 0. The number of carbonyl (C=O) groups excluding carboxylic acids is 1. The maximum atomic E-state index is 12.0. The van der Waals surface area contributed by atoms with E-state index in [-0.39, 0.29) is 5.97 Å². The van der Waals surface area contributed by atoms with Gasteiger partial charge in [-0.3, -0.25) is 4.79 Å². The minimum Gasteiger partial charge on any atom is -0.468 e. The fourth-order valence-electron chi connectivity index (χ4n) is 2.43. The molecule has 0 aliphatic heterocycles. The van der Waals surface area contributed by atoms with E-state index in [1.165, 1.54) is 18.9 Å². The van der Waals surface area contributed by atoms with Crippen LogP contribution in [0.3, 0.4) is 0 Å². The molecule has 0 saturated carbocycles. The molecule has 0 bridgehead atoms. The number of fused-ring (bicyclic) bond motifs is 1. The van der Waals surface area contributed by atoms with Gasteiger partial charge in [-0.2, -0.15) is 0 Å². The Kier molecular flexibility index (Phi) is 4.13. The quantitative estimate of drug-likeness (QED) is 0.536. The van der Waals surface area contributed by atoms with Crippen LogP contribution in [0.15, 0.2) is 59.9 Å². The molecule has 23 heavy (non-hydrogen) atoms. The summed E-state index contributed by atoms with van der Waals surface area (Å²) in [5.41, 5.74) is 3.05. The number of pyridine rings is 1. The average Bonchev–Trinajstić information content (AvgIpc) is 3.03. The number of nitrogens with zero attached hydrogens (tertiary/aromatic N) is 2. The molecule has 0 fully saturated rings. The molecule has 2 aromatic heterocycles. The summed E-state index contributed by atoms with van der Waals surface area (Å²) in [7, 11) is 1.41. The third-order valence-electron chi connectivity index (χ3n) is 3.60. The van der Waals surface area contributed by atoms with Crippen LogP contribution < -0.4 is 0 Å². The fourth-order valence-corrected chi connectivity index (χ4v) is 3.58. The summed E-state index contributed by atoms with van der Waals surface area (Å²) in [4.78, 5) is 17.4. The molecule has 3 aromatic rings. The first kappa shape index (κ1) is 15.6. The Balaban J connectivity index is 2.09. The molecule has 0 amide bonds. The zero-order valence-electron chi connectivity index (χ0n) is 13.3. The van der Waals surface area contributed by atoms with Gasteiger partial charge in [-0.05, 0) is 31.0 Å². The Morgan fingerprint density at radius 3 is 2.65 bits per heavy atom. The van der Waals surface area contributed by atoms with Gasteiger partial charge >= 0.3 is 5.97 Å². The summed E-state index contributed by atoms with van der Waals surface area (Å²) in [6.45, 7) is 3.72. The Hall–Kier alpha value is -2.27. The Morgan fingerprint density at radius 1 is 1.22 bits per heavy atom. The van der Waals surface area contributed by atoms with Crippen molar-refractivity contribution in [3.8, 4) is 11.1 Å². The molecule has 118 valence electrons. The number of methoxy groups -OCH3 is 1. The molecule has 0 radical (unpaired) electrons. The number of rotatable bonds is 4. The maximum absolute atomic E-state index is 12.0. The smallest absolute Gasteiger partial charge is 0.321 e. The van der Waals surface area contributed by atoms with E-state index in [0.717, 1.165) is 21.7 Å². The Bertz CT molecular complexity index is 841. The lowest BCUT2D eigenvalue weighted by Gasteiger charge is -2.21. The topological polar surface area (TPSA) is 43.6 Å². The van der Waals surface area contributed by atoms with Gasteiger partial charge in [0.2, 0.25) is 0 Å². The monoisotopic (exact) mass is 326 g/mol. The third-order valence-corrected chi connectivity index (χ3v) is 4.80. The van der Waals surface area contributed by atoms with Crippen molar-refractivity contribution in [1.29, 1.82) is 0 Å². The van der Waals surface area contributed by atoms with Crippen molar-refractivity contribution in [3.63, 3.8) is 0 Å². The van der Waals surface area contributed by atoms with Gasteiger partial charge in [0.1, 0.15) is 10.4 Å². The molecule has 0 saturated heterocycles. The molecule has 4 nitrogen and oxygen atoms in total. The second kappa shape index (κ2) is 6.08. The van der Waals surface area contributed by atoms with E-state index >= 15 is 0 Å². The van der Waals surface area contributed by atoms with Crippen molar-refractivity contribution < 1.29 is 9.53 Å². The highest BCUT2D eigenvalue weighted by Crippen LogP contribution is 2.37. The summed E-state index contributed by atoms with van der Waals surface area (Å²) in [5, 5.41) is 0. The first-order chi connectivity index (χ1) is 11.0. The normalized spacial score (nSPS) is 11.6. The predicted octanol–water partition coefficient (Wildman–Crippen LogP) is 4.05. The van der Waals surface area contributed by atoms with E-state index in [4.69, 9.17) is 4.74 Å². The van der Waals surface area contributed by atoms with E-state index in [2.05, 4.69) is 23.2 Å². The second-order valence-corrected chi connectivity index (χ2v) is 7.39. The number of imidazole rings is 1. The van der Waals surface area contributed by atoms with Crippen molar-refractivity contribution in [2.45, 2.75) is 23.5 Å². The summed E-state index contributed by atoms with van der Waals surface area (Å²) >= 11 is 1.46. The summed E-state index contributed by atoms with van der Waals surface area (Å²) < 4.78 is 6.21. The van der Waals surface area contributed by atoms with Gasteiger partial charge in [-0.25, -0.2) is 4.98 Å². The van der Waals surface area contributed by atoms with Crippen molar-refractivity contribution in [2.75, 3.05) is 7.11 Å². The molecule has 5 heteroatoms. The van der Waals surface area contributed by atoms with Crippen LogP contribution in [-0.2, 0) is 9.53 Å². The van der Waals surface area contributed by atoms with Crippen LogP contribution >= 0.6 is 11.8 Å². The van der Waals surface area contributed by atoms with Gasteiger partial charge in [0, 0.05) is 18.6 Å². The highest BCUT2D eigenvalue weighted by molar-refractivity contribution is 8.01. The van der Waals surface area contributed by atoms with Gasteiger partial charge in [0.25, 0.3) is 0 Å². The van der Waals surface area contributed by atoms with Crippen LogP contribution in [0.25, 0.3) is 16.8 Å². The summed E-state index contributed by atoms with van der Waals surface area (Å²) in [6.07, 6.45) is 5.73. The molecule has 2 heterocycles. The Morgan fingerprint density at radius 2 is 1.96 bits per heavy atom. The first-order valence-corrected chi connectivity index (χ1v) is 8.12. The van der Waals surface area contributed by atoms with Crippen LogP contribution in [0.1, 0.15) is 13.8 Å².